The predicted molar refractivity (Wildman–Crippen MR) is 85.1 cm³/mol. The molecule has 20 heavy (non-hydrogen) atoms. The molecule has 1 saturated carbocycles. The van der Waals surface area contributed by atoms with Crippen molar-refractivity contribution in [2.24, 2.45) is 11.8 Å². The molecule has 0 saturated heterocycles. The summed E-state index contributed by atoms with van der Waals surface area (Å²) < 4.78 is 5.74. The van der Waals surface area contributed by atoms with Crippen LogP contribution in [0.3, 0.4) is 0 Å². The maximum Gasteiger partial charge on any atom is 0.119 e. The van der Waals surface area contributed by atoms with Gasteiger partial charge in [-0.15, -0.1) is 0 Å². The lowest BCUT2D eigenvalue weighted by molar-refractivity contribution is 0.242. The molecule has 0 radical (unpaired) electrons. The summed E-state index contributed by atoms with van der Waals surface area (Å²) in [7, 11) is 0. The molecular formula is C18H29NO. The second-order valence-electron chi connectivity index (χ2n) is 6.34. The molecule has 2 nitrogen and oxygen atoms in total. The van der Waals surface area contributed by atoms with E-state index in [0.29, 0.717) is 6.04 Å². The molecule has 0 aliphatic heterocycles. The van der Waals surface area contributed by atoms with Crippen LogP contribution in [0.25, 0.3) is 0 Å². The molecule has 0 bridgehead atoms. The van der Waals surface area contributed by atoms with Gasteiger partial charge in [-0.1, -0.05) is 38.8 Å². The minimum absolute atomic E-state index is 0.236. The molecule has 0 amide bonds. The van der Waals surface area contributed by atoms with Crippen LogP contribution in [0.2, 0.25) is 0 Å². The highest BCUT2D eigenvalue weighted by atomic mass is 16.5. The molecule has 1 fully saturated rings. The highest BCUT2D eigenvalue weighted by Crippen LogP contribution is 2.40. The van der Waals surface area contributed by atoms with E-state index in [1.807, 2.05) is 0 Å². The lowest BCUT2D eigenvalue weighted by Gasteiger charge is -2.28. The van der Waals surface area contributed by atoms with E-state index in [-0.39, 0.29) is 6.10 Å². The first-order valence-electron chi connectivity index (χ1n) is 8.11. The lowest BCUT2D eigenvalue weighted by Crippen LogP contribution is -2.29. The van der Waals surface area contributed by atoms with Crippen LogP contribution >= 0.6 is 0 Å². The number of benzene rings is 1. The summed E-state index contributed by atoms with van der Waals surface area (Å²) in [5.41, 5.74) is 1.40. The zero-order chi connectivity index (χ0) is 14.5. The first kappa shape index (κ1) is 15.4. The van der Waals surface area contributed by atoms with Crippen molar-refractivity contribution < 1.29 is 4.74 Å². The summed E-state index contributed by atoms with van der Waals surface area (Å²) in [4.78, 5) is 0. The summed E-state index contributed by atoms with van der Waals surface area (Å²) in [6.45, 7) is 9.75. The van der Waals surface area contributed by atoms with E-state index in [1.165, 1.54) is 24.8 Å². The van der Waals surface area contributed by atoms with Gasteiger partial charge in [-0.3, -0.25) is 0 Å². The Morgan fingerprint density at radius 1 is 1.20 bits per heavy atom. The molecule has 2 rings (SSSR count). The van der Waals surface area contributed by atoms with Crippen LogP contribution in [0.4, 0.5) is 0 Å². The molecule has 112 valence electrons. The van der Waals surface area contributed by atoms with E-state index in [4.69, 9.17) is 4.74 Å². The van der Waals surface area contributed by atoms with Crippen molar-refractivity contribution in [3.63, 3.8) is 0 Å². The summed E-state index contributed by atoms with van der Waals surface area (Å²) in [6.07, 6.45) is 4.34. The first-order valence-corrected chi connectivity index (χ1v) is 8.11. The van der Waals surface area contributed by atoms with Crippen molar-refractivity contribution in [3.8, 4) is 5.75 Å². The van der Waals surface area contributed by atoms with Gasteiger partial charge in [0, 0.05) is 6.04 Å². The van der Waals surface area contributed by atoms with Crippen molar-refractivity contribution in [1.29, 1.82) is 0 Å². The third kappa shape index (κ3) is 3.76. The predicted octanol–water partition coefficient (Wildman–Crippen LogP) is 4.56. The van der Waals surface area contributed by atoms with Crippen molar-refractivity contribution in [3.05, 3.63) is 29.8 Å². The maximum absolute atomic E-state index is 5.74. The van der Waals surface area contributed by atoms with Crippen molar-refractivity contribution >= 4 is 0 Å². The fourth-order valence-corrected chi connectivity index (χ4v) is 3.43. The van der Waals surface area contributed by atoms with Crippen molar-refractivity contribution in [2.45, 2.75) is 59.1 Å². The number of ether oxygens (including phenoxy) is 1. The third-order valence-electron chi connectivity index (χ3n) is 4.39. The average Bonchev–Trinajstić information content (AvgIpc) is 2.83. The van der Waals surface area contributed by atoms with E-state index in [2.05, 4.69) is 57.3 Å². The number of hydrogen-bond donors (Lipinski definition) is 1. The Labute approximate surface area is 123 Å². The zero-order valence-corrected chi connectivity index (χ0v) is 13.4. The molecular weight excluding hydrogens is 246 g/mol. The topological polar surface area (TPSA) is 21.3 Å². The normalized spacial score (nSPS) is 24.1. The van der Waals surface area contributed by atoms with Gasteiger partial charge in [0.15, 0.2) is 0 Å². The van der Waals surface area contributed by atoms with Crippen LogP contribution in [0.1, 0.15) is 58.6 Å². The summed E-state index contributed by atoms with van der Waals surface area (Å²) >= 11 is 0. The molecule has 1 N–H and O–H groups in total. The molecule has 1 aromatic carbocycles. The van der Waals surface area contributed by atoms with Gasteiger partial charge in [-0.25, -0.2) is 0 Å². The Bertz CT molecular complexity index is 398. The van der Waals surface area contributed by atoms with Gasteiger partial charge in [0.25, 0.3) is 0 Å². The van der Waals surface area contributed by atoms with E-state index < -0.39 is 0 Å². The first-order chi connectivity index (χ1) is 9.61. The maximum atomic E-state index is 5.74. The minimum atomic E-state index is 0.236. The number of rotatable bonds is 6. The Morgan fingerprint density at radius 2 is 1.90 bits per heavy atom. The highest BCUT2D eigenvalue weighted by Gasteiger charge is 2.31. The lowest BCUT2D eigenvalue weighted by atomic mass is 9.86. The quantitative estimate of drug-likeness (QED) is 0.821. The van der Waals surface area contributed by atoms with E-state index in [0.717, 1.165) is 24.1 Å². The van der Waals surface area contributed by atoms with Gasteiger partial charge in [0.2, 0.25) is 0 Å². The van der Waals surface area contributed by atoms with Crippen LogP contribution in [-0.4, -0.2) is 12.6 Å². The van der Waals surface area contributed by atoms with Gasteiger partial charge in [-0.05, 0) is 56.3 Å². The Morgan fingerprint density at radius 3 is 2.40 bits per heavy atom. The van der Waals surface area contributed by atoms with Crippen molar-refractivity contribution in [1.82, 2.24) is 5.32 Å². The fourth-order valence-electron chi connectivity index (χ4n) is 3.43. The van der Waals surface area contributed by atoms with E-state index in [9.17, 15) is 0 Å². The van der Waals surface area contributed by atoms with Gasteiger partial charge in [-0.2, -0.15) is 0 Å². The summed E-state index contributed by atoms with van der Waals surface area (Å²) in [5, 5.41) is 3.69. The minimum Gasteiger partial charge on any atom is -0.491 e. The Kier molecular flexibility index (Phi) is 5.47. The van der Waals surface area contributed by atoms with Gasteiger partial charge in [0.1, 0.15) is 5.75 Å². The largest absolute Gasteiger partial charge is 0.491 e. The van der Waals surface area contributed by atoms with Crippen LogP contribution in [0, 0.1) is 11.8 Å². The average molecular weight is 275 g/mol. The molecule has 1 aliphatic carbocycles. The monoisotopic (exact) mass is 275 g/mol. The van der Waals surface area contributed by atoms with Crippen LogP contribution in [0.5, 0.6) is 5.75 Å². The molecule has 1 aliphatic rings. The standard InChI is InChI=1S/C18H29NO/c1-5-19-18(17-8-6-7-14(17)4)15-9-11-16(12-10-15)20-13(2)3/h9-14,17-19H,5-8H2,1-4H3. The highest BCUT2D eigenvalue weighted by molar-refractivity contribution is 5.30. The molecule has 2 heteroatoms. The van der Waals surface area contributed by atoms with Crippen LogP contribution in [0.15, 0.2) is 24.3 Å². The SMILES string of the molecule is CCNC(c1ccc(OC(C)C)cc1)C1CCCC1C. The second-order valence-corrected chi connectivity index (χ2v) is 6.34. The number of hydrogen-bond acceptors (Lipinski definition) is 2. The molecule has 3 unspecified atom stereocenters. The van der Waals surface area contributed by atoms with E-state index >= 15 is 0 Å². The van der Waals surface area contributed by atoms with Gasteiger partial charge in [0.05, 0.1) is 6.10 Å². The van der Waals surface area contributed by atoms with Crippen LogP contribution < -0.4 is 10.1 Å². The Balaban J connectivity index is 2.12. The van der Waals surface area contributed by atoms with E-state index in [1.54, 1.807) is 0 Å². The fraction of sp³-hybridized carbons (Fsp3) is 0.667. The second kappa shape index (κ2) is 7.12. The zero-order valence-electron chi connectivity index (χ0n) is 13.4. The summed E-state index contributed by atoms with van der Waals surface area (Å²) in [6, 6.07) is 9.18. The molecule has 0 spiro atoms. The van der Waals surface area contributed by atoms with Crippen molar-refractivity contribution in [2.75, 3.05) is 6.54 Å². The Hall–Kier alpha value is -1.02. The molecule has 0 heterocycles. The molecule has 0 aromatic heterocycles. The number of nitrogens with one attached hydrogen (secondary N) is 1. The third-order valence-corrected chi connectivity index (χ3v) is 4.39. The smallest absolute Gasteiger partial charge is 0.119 e. The molecule has 3 atom stereocenters. The van der Waals surface area contributed by atoms with Gasteiger partial charge < -0.3 is 10.1 Å². The van der Waals surface area contributed by atoms with Crippen LogP contribution in [-0.2, 0) is 0 Å². The molecule has 1 aromatic rings. The summed E-state index contributed by atoms with van der Waals surface area (Å²) in [5.74, 6) is 2.57. The van der Waals surface area contributed by atoms with Gasteiger partial charge >= 0.3 is 0 Å².